The summed E-state index contributed by atoms with van der Waals surface area (Å²) in [5, 5.41) is 0.841. The van der Waals surface area contributed by atoms with E-state index in [0.29, 0.717) is 10.7 Å². The number of rotatable bonds is 1. The highest BCUT2D eigenvalue weighted by atomic mass is 32.1. The van der Waals surface area contributed by atoms with Gasteiger partial charge < -0.3 is 4.98 Å². The molecular formula is C19H20N2OS2. The molecule has 0 amide bonds. The van der Waals surface area contributed by atoms with Gasteiger partial charge >= 0.3 is 0 Å². The van der Waals surface area contributed by atoms with E-state index in [1.165, 1.54) is 16.0 Å². The summed E-state index contributed by atoms with van der Waals surface area (Å²) in [6, 6.07) is 6.05. The molecule has 3 nitrogen and oxygen atoms in total. The van der Waals surface area contributed by atoms with E-state index in [2.05, 4.69) is 25.8 Å². The zero-order chi connectivity index (χ0) is 17.0. The van der Waals surface area contributed by atoms with Gasteiger partial charge in [-0.25, -0.2) is 0 Å². The average molecular weight is 357 g/mol. The number of H-pyrrole nitrogens is 1. The van der Waals surface area contributed by atoms with Crippen LogP contribution in [0.3, 0.4) is 0 Å². The Bertz CT molecular complexity index is 1070. The van der Waals surface area contributed by atoms with Crippen molar-refractivity contribution < 1.29 is 0 Å². The maximum atomic E-state index is 13.2. The molecule has 0 saturated heterocycles. The molecule has 24 heavy (non-hydrogen) atoms. The number of hydrogen-bond donors (Lipinski definition) is 1. The van der Waals surface area contributed by atoms with Gasteiger partial charge in [0, 0.05) is 4.88 Å². The second-order valence-corrected chi connectivity index (χ2v) is 8.39. The zero-order valence-electron chi connectivity index (χ0n) is 14.1. The molecule has 2 aromatic heterocycles. The molecule has 4 rings (SSSR count). The molecule has 124 valence electrons. The predicted octanol–water partition coefficient (Wildman–Crippen LogP) is 4.85. The smallest absolute Gasteiger partial charge is 0.267 e. The number of hydrogen-bond acceptors (Lipinski definition) is 3. The van der Waals surface area contributed by atoms with Crippen molar-refractivity contribution in [2.75, 3.05) is 0 Å². The Labute approximate surface area is 150 Å². The van der Waals surface area contributed by atoms with Crippen LogP contribution in [0, 0.1) is 24.5 Å². The third kappa shape index (κ3) is 2.38. The quantitative estimate of drug-likeness (QED) is 0.633. The molecule has 0 bridgehead atoms. The fourth-order valence-electron chi connectivity index (χ4n) is 3.52. The first-order chi connectivity index (χ1) is 11.5. The van der Waals surface area contributed by atoms with Crippen LogP contribution in [0.15, 0.2) is 23.0 Å². The number of aromatic nitrogens is 2. The van der Waals surface area contributed by atoms with E-state index in [1.54, 1.807) is 15.9 Å². The Morgan fingerprint density at radius 2 is 2.08 bits per heavy atom. The fourth-order valence-corrected chi connectivity index (χ4v) is 5.28. The van der Waals surface area contributed by atoms with Crippen molar-refractivity contribution in [3.63, 3.8) is 0 Å². The van der Waals surface area contributed by atoms with Gasteiger partial charge in [-0.15, -0.1) is 11.3 Å². The Balaban J connectivity index is 2.02. The Kier molecular flexibility index (Phi) is 3.73. The summed E-state index contributed by atoms with van der Waals surface area (Å²) >= 11 is 7.21. The van der Waals surface area contributed by atoms with Crippen molar-refractivity contribution >= 4 is 33.8 Å². The first-order valence-corrected chi connectivity index (χ1v) is 9.55. The average Bonchev–Trinajstić information content (AvgIpc) is 2.87. The minimum Gasteiger partial charge on any atom is -0.323 e. The number of aryl methyl sites for hydroxylation is 3. The van der Waals surface area contributed by atoms with Gasteiger partial charge in [0.2, 0.25) is 0 Å². The van der Waals surface area contributed by atoms with E-state index in [-0.39, 0.29) is 5.56 Å². The molecular weight excluding hydrogens is 336 g/mol. The highest BCUT2D eigenvalue weighted by molar-refractivity contribution is 7.71. The minimum atomic E-state index is 0.0176. The number of nitrogens with one attached hydrogen (secondary N) is 1. The molecule has 0 aliphatic heterocycles. The maximum absolute atomic E-state index is 13.2. The summed E-state index contributed by atoms with van der Waals surface area (Å²) < 4.78 is 2.12. The van der Waals surface area contributed by atoms with Crippen LogP contribution in [0.1, 0.15) is 34.9 Å². The normalized spacial score (nSPS) is 17.2. The van der Waals surface area contributed by atoms with E-state index in [0.717, 1.165) is 40.7 Å². The van der Waals surface area contributed by atoms with Gasteiger partial charge in [-0.05, 0) is 80.1 Å². The summed E-state index contributed by atoms with van der Waals surface area (Å²) in [7, 11) is 0. The number of benzene rings is 1. The van der Waals surface area contributed by atoms with Crippen molar-refractivity contribution in [1.29, 1.82) is 0 Å². The number of fused-ring (bicyclic) bond motifs is 3. The first-order valence-electron chi connectivity index (χ1n) is 8.33. The third-order valence-electron chi connectivity index (χ3n) is 5.10. The van der Waals surface area contributed by atoms with Crippen molar-refractivity contribution in [2.24, 2.45) is 5.92 Å². The lowest BCUT2D eigenvalue weighted by molar-refractivity contribution is 0.509. The second-order valence-electron chi connectivity index (χ2n) is 6.90. The molecule has 1 N–H and O–H groups in total. The Hall–Kier alpha value is -1.72. The molecule has 1 aromatic carbocycles. The zero-order valence-corrected chi connectivity index (χ0v) is 15.7. The van der Waals surface area contributed by atoms with Gasteiger partial charge in [-0.2, -0.15) is 0 Å². The van der Waals surface area contributed by atoms with E-state index in [9.17, 15) is 4.79 Å². The summed E-state index contributed by atoms with van der Waals surface area (Å²) in [5.74, 6) is 0.690. The van der Waals surface area contributed by atoms with Gasteiger partial charge in [-0.3, -0.25) is 9.36 Å². The molecule has 2 heterocycles. The van der Waals surface area contributed by atoms with Gasteiger partial charge in [0.25, 0.3) is 5.56 Å². The Morgan fingerprint density at radius 1 is 1.29 bits per heavy atom. The SMILES string of the molecule is Cc1ccc(-n2c(=S)[nH]c3sc4c(c3c2=O)CC[C@@H](C)C4)cc1C. The van der Waals surface area contributed by atoms with E-state index < -0.39 is 0 Å². The van der Waals surface area contributed by atoms with Crippen LogP contribution in [-0.4, -0.2) is 9.55 Å². The van der Waals surface area contributed by atoms with Crippen LogP contribution >= 0.6 is 23.6 Å². The summed E-state index contributed by atoms with van der Waals surface area (Å²) in [6.07, 6.45) is 3.21. The molecule has 0 spiro atoms. The third-order valence-corrected chi connectivity index (χ3v) is 6.56. The van der Waals surface area contributed by atoms with Crippen LogP contribution in [0.4, 0.5) is 0 Å². The highest BCUT2D eigenvalue weighted by Crippen LogP contribution is 2.35. The van der Waals surface area contributed by atoms with Gasteiger partial charge in [0.1, 0.15) is 4.83 Å². The van der Waals surface area contributed by atoms with Gasteiger partial charge in [-0.1, -0.05) is 13.0 Å². The van der Waals surface area contributed by atoms with Crippen LogP contribution in [-0.2, 0) is 12.8 Å². The van der Waals surface area contributed by atoms with Gasteiger partial charge in [0.05, 0.1) is 11.1 Å². The monoisotopic (exact) mass is 356 g/mol. The molecule has 1 aliphatic carbocycles. The summed E-state index contributed by atoms with van der Waals surface area (Å²) in [6.45, 7) is 6.41. The van der Waals surface area contributed by atoms with E-state index >= 15 is 0 Å². The van der Waals surface area contributed by atoms with E-state index in [1.807, 2.05) is 18.2 Å². The predicted molar refractivity (Wildman–Crippen MR) is 103 cm³/mol. The fraction of sp³-hybridized carbons (Fsp3) is 0.368. The number of aromatic amines is 1. The molecule has 1 aliphatic rings. The first kappa shape index (κ1) is 15.8. The Morgan fingerprint density at radius 3 is 2.83 bits per heavy atom. The summed E-state index contributed by atoms with van der Waals surface area (Å²) in [5.41, 5.74) is 4.47. The maximum Gasteiger partial charge on any atom is 0.267 e. The molecule has 1 atom stereocenters. The minimum absolute atomic E-state index is 0.0176. The van der Waals surface area contributed by atoms with Crippen LogP contribution in [0.5, 0.6) is 0 Å². The molecule has 5 heteroatoms. The van der Waals surface area contributed by atoms with Crippen LogP contribution in [0.2, 0.25) is 0 Å². The van der Waals surface area contributed by atoms with Crippen molar-refractivity contribution in [1.82, 2.24) is 9.55 Å². The molecule has 0 saturated carbocycles. The van der Waals surface area contributed by atoms with Gasteiger partial charge in [0.15, 0.2) is 4.77 Å². The molecule has 0 fully saturated rings. The highest BCUT2D eigenvalue weighted by Gasteiger charge is 2.23. The topological polar surface area (TPSA) is 37.8 Å². The second kappa shape index (κ2) is 5.67. The molecule has 0 radical (unpaired) electrons. The number of thiophene rings is 1. The van der Waals surface area contributed by atoms with Crippen molar-refractivity contribution in [3.8, 4) is 5.69 Å². The van der Waals surface area contributed by atoms with Crippen LogP contribution < -0.4 is 5.56 Å². The van der Waals surface area contributed by atoms with Crippen molar-refractivity contribution in [2.45, 2.75) is 40.0 Å². The van der Waals surface area contributed by atoms with E-state index in [4.69, 9.17) is 12.2 Å². The molecule has 3 aromatic rings. The van der Waals surface area contributed by atoms with Crippen LogP contribution in [0.25, 0.3) is 15.9 Å². The summed E-state index contributed by atoms with van der Waals surface area (Å²) in [4.78, 5) is 18.8. The molecule has 0 unspecified atom stereocenters. The van der Waals surface area contributed by atoms with Crippen molar-refractivity contribution in [3.05, 3.63) is 54.9 Å². The largest absolute Gasteiger partial charge is 0.323 e. The number of nitrogens with zero attached hydrogens (tertiary/aromatic N) is 1. The lowest BCUT2D eigenvalue weighted by Gasteiger charge is -2.17. The lowest BCUT2D eigenvalue weighted by Crippen LogP contribution is -2.21. The lowest BCUT2D eigenvalue weighted by atomic mass is 9.89. The standard InChI is InChI=1S/C19H20N2OS2/c1-10-4-7-14-15(8-10)24-17-16(14)18(22)21(19(23)20-17)13-6-5-11(2)12(3)9-13/h5-6,9-10H,4,7-8H2,1-3H3,(H,20,23)/t10-/m1/s1.